The van der Waals surface area contributed by atoms with Crippen LogP contribution in [0.2, 0.25) is 0 Å². The van der Waals surface area contributed by atoms with Gasteiger partial charge in [0.05, 0.1) is 11.2 Å². The first-order chi connectivity index (χ1) is 8.16. The number of hydrogen-bond acceptors (Lipinski definition) is 2. The minimum Gasteiger partial charge on any atom is -0.399 e. The zero-order valence-electron chi connectivity index (χ0n) is 11.3. The standard InChI is InChI=1S/C13H17BF2O2/c1-8-9(15)6-7-10(16)11(8)14-17-12(2,3)13(4,5)18-14/h6-7H,1-5H3. The van der Waals surface area contributed by atoms with Crippen LogP contribution in [0.3, 0.4) is 0 Å². The van der Waals surface area contributed by atoms with Crippen LogP contribution in [0.1, 0.15) is 33.3 Å². The van der Waals surface area contributed by atoms with Crippen LogP contribution in [0.4, 0.5) is 8.78 Å². The second kappa shape index (κ2) is 4.03. The van der Waals surface area contributed by atoms with E-state index >= 15 is 0 Å². The van der Waals surface area contributed by atoms with Crippen LogP contribution in [0.5, 0.6) is 0 Å². The molecule has 2 rings (SSSR count). The van der Waals surface area contributed by atoms with Crippen molar-refractivity contribution in [2.45, 2.75) is 45.8 Å². The lowest BCUT2D eigenvalue weighted by molar-refractivity contribution is 0.00578. The van der Waals surface area contributed by atoms with Gasteiger partial charge in [-0.15, -0.1) is 0 Å². The summed E-state index contributed by atoms with van der Waals surface area (Å²) in [4.78, 5) is 0. The molecule has 5 heteroatoms. The van der Waals surface area contributed by atoms with Crippen molar-refractivity contribution in [3.63, 3.8) is 0 Å². The number of halogens is 2. The van der Waals surface area contributed by atoms with Crippen LogP contribution in [0, 0.1) is 18.6 Å². The van der Waals surface area contributed by atoms with Crippen molar-refractivity contribution in [2.75, 3.05) is 0 Å². The molecule has 0 saturated carbocycles. The molecule has 0 bridgehead atoms. The second-order valence-corrected chi connectivity index (χ2v) is 5.66. The van der Waals surface area contributed by atoms with Crippen molar-refractivity contribution < 1.29 is 18.1 Å². The Hall–Kier alpha value is -0.935. The van der Waals surface area contributed by atoms with Crippen LogP contribution < -0.4 is 5.46 Å². The third-order valence-corrected chi connectivity index (χ3v) is 3.88. The van der Waals surface area contributed by atoms with E-state index in [4.69, 9.17) is 9.31 Å². The van der Waals surface area contributed by atoms with E-state index in [-0.39, 0.29) is 11.0 Å². The lowest BCUT2D eigenvalue weighted by Gasteiger charge is -2.32. The van der Waals surface area contributed by atoms with Gasteiger partial charge in [0.25, 0.3) is 0 Å². The molecule has 1 saturated heterocycles. The SMILES string of the molecule is Cc1c(F)ccc(F)c1B1OC(C)(C)C(C)(C)O1. The first kappa shape index (κ1) is 13.5. The van der Waals surface area contributed by atoms with Crippen LogP contribution in [0.15, 0.2) is 12.1 Å². The molecule has 18 heavy (non-hydrogen) atoms. The molecule has 1 aromatic carbocycles. The van der Waals surface area contributed by atoms with Gasteiger partial charge in [-0.1, -0.05) is 0 Å². The Bertz CT molecular complexity index is 470. The molecule has 1 aliphatic rings. The molecular weight excluding hydrogens is 237 g/mol. The highest BCUT2D eigenvalue weighted by molar-refractivity contribution is 6.62. The van der Waals surface area contributed by atoms with Gasteiger partial charge in [-0.25, -0.2) is 8.78 Å². The van der Waals surface area contributed by atoms with E-state index in [1.165, 1.54) is 6.92 Å². The molecule has 1 heterocycles. The van der Waals surface area contributed by atoms with E-state index in [1.807, 2.05) is 27.7 Å². The van der Waals surface area contributed by atoms with Crippen LogP contribution >= 0.6 is 0 Å². The predicted octanol–water partition coefficient (Wildman–Crippen LogP) is 2.57. The zero-order chi connectivity index (χ0) is 13.7. The average molecular weight is 254 g/mol. The van der Waals surface area contributed by atoms with Gasteiger partial charge in [0.15, 0.2) is 0 Å². The van der Waals surface area contributed by atoms with Gasteiger partial charge in [0.2, 0.25) is 0 Å². The Morgan fingerprint density at radius 3 is 1.89 bits per heavy atom. The number of hydrogen-bond donors (Lipinski definition) is 0. The van der Waals surface area contributed by atoms with Gasteiger partial charge in [-0.3, -0.25) is 0 Å². The summed E-state index contributed by atoms with van der Waals surface area (Å²) in [5, 5.41) is 0. The molecule has 0 amide bonds. The number of benzene rings is 1. The van der Waals surface area contributed by atoms with Crippen LogP contribution in [0.25, 0.3) is 0 Å². The van der Waals surface area contributed by atoms with Gasteiger partial charge < -0.3 is 9.31 Å². The average Bonchev–Trinajstić information content (AvgIpc) is 2.43. The quantitative estimate of drug-likeness (QED) is 0.717. The van der Waals surface area contributed by atoms with E-state index in [0.717, 1.165) is 12.1 Å². The first-order valence-corrected chi connectivity index (χ1v) is 5.96. The van der Waals surface area contributed by atoms with Gasteiger partial charge in [0.1, 0.15) is 11.6 Å². The fraction of sp³-hybridized carbons (Fsp3) is 0.538. The van der Waals surface area contributed by atoms with E-state index in [1.54, 1.807) is 0 Å². The summed E-state index contributed by atoms with van der Waals surface area (Å²) in [5.74, 6) is -0.964. The Balaban J connectivity index is 2.44. The minimum absolute atomic E-state index is 0.147. The van der Waals surface area contributed by atoms with Crippen LogP contribution in [-0.2, 0) is 9.31 Å². The summed E-state index contributed by atoms with van der Waals surface area (Å²) in [5.41, 5.74) is -0.756. The van der Waals surface area contributed by atoms with Crippen molar-refractivity contribution in [3.8, 4) is 0 Å². The largest absolute Gasteiger partial charge is 0.498 e. The zero-order valence-corrected chi connectivity index (χ0v) is 11.3. The van der Waals surface area contributed by atoms with E-state index < -0.39 is 30.0 Å². The maximum absolute atomic E-state index is 13.9. The third-order valence-electron chi connectivity index (χ3n) is 3.88. The molecule has 1 fully saturated rings. The highest BCUT2D eigenvalue weighted by Gasteiger charge is 2.52. The highest BCUT2D eigenvalue weighted by atomic mass is 19.1. The summed E-state index contributed by atoms with van der Waals surface area (Å²) in [7, 11) is -0.870. The Morgan fingerprint density at radius 1 is 0.944 bits per heavy atom. The van der Waals surface area contributed by atoms with E-state index in [2.05, 4.69) is 0 Å². The summed E-state index contributed by atoms with van der Waals surface area (Å²) in [6, 6.07) is 2.21. The van der Waals surface area contributed by atoms with Crippen molar-refractivity contribution in [1.29, 1.82) is 0 Å². The van der Waals surface area contributed by atoms with Crippen molar-refractivity contribution in [1.82, 2.24) is 0 Å². The van der Waals surface area contributed by atoms with E-state index in [0.29, 0.717) is 0 Å². The van der Waals surface area contributed by atoms with Crippen molar-refractivity contribution in [3.05, 3.63) is 29.3 Å². The molecular formula is C13H17BF2O2. The Labute approximate surface area is 106 Å². The monoisotopic (exact) mass is 254 g/mol. The first-order valence-electron chi connectivity index (χ1n) is 5.96. The molecule has 2 nitrogen and oxygen atoms in total. The molecule has 0 atom stereocenters. The predicted molar refractivity (Wildman–Crippen MR) is 66.8 cm³/mol. The van der Waals surface area contributed by atoms with Gasteiger partial charge in [-0.2, -0.15) is 0 Å². The molecule has 0 aliphatic carbocycles. The molecule has 0 aromatic heterocycles. The minimum atomic E-state index is -0.870. The molecule has 0 spiro atoms. The molecule has 0 unspecified atom stereocenters. The molecule has 98 valence electrons. The smallest absolute Gasteiger partial charge is 0.399 e. The Kier molecular flexibility index (Phi) is 3.02. The topological polar surface area (TPSA) is 18.5 Å². The molecule has 1 aromatic rings. The maximum atomic E-state index is 13.9. The molecule has 0 radical (unpaired) electrons. The van der Waals surface area contributed by atoms with Gasteiger partial charge >= 0.3 is 7.12 Å². The van der Waals surface area contributed by atoms with Crippen LogP contribution in [-0.4, -0.2) is 18.3 Å². The lowest BCUT2D eigenvalue weighted by atomic mass is 9.75. The maximum Gasteiger partial charge on any atom is 0.498 e. The van der Waals surface area contributed by atoms with Crippen molar-refractivity contribution >= 4 is 12.6 Å². The lowest BCUT2D eigenvalue weighted by Crippen LogP contribution is -2.41. The van der Waals surface area contributed by atoms with Crippen molar-refractivity contribution in [2.24, 2.45) is 0 Å². The fourth-order valence-corrected chi connectivity index (χ4v) is 1.92. The second-order valence-electron chi connectivity index (χ2n) is 5.66. The fourth-order valence-electron chi connectivity index (χ4n) is 1.92. The summed E-state index contributed by atoms with van der Waals surface area (Å²) < 4.78 is 38.9. The summed E-state index contributed by atoms with van der Waals surface area (Å²) in [6.45, 7) is 9.02. The molecule has 1 aliphatic heterocycles. The van der Waals surface area contributed by atoms with E-state index in [9.17, 15) is 8.78 Å². The normalized spacial score (nSPS) is 21.4. The number of rotatable bonds is 1. The third kappa shape index (κ3) is 1.95. The summed E-state index contributed by atoms with van der Waals surface area (Å²) in [6.07, 6.45) is 0. The molecule has 0 N–H and O–H groups in total. The summed E-state index contributed by atoms with van der Waals surface area (Å²) >= 11 is 0. The van der Waals surface area contributed by atoms with Gasteiger partial charge in [-0.05, 0) is 52.3 Å². The Morgan fingerprint density at radius 2 is 1.39 bits per heavy atom. The highest BCUT2D eigenvalue weighted by Crippen LogP contribution is 2.36. The van der Waals surface area contributed by atoms with Gasteiger partial charge in [0, 0.05) is 5.46 Å².